The molecule has 0 aliphatic carbocycles. The first-order valence-electron chi connectivity index (χ1n) is 7.48. The number of hydrogen-bond donors (Lipinski definition) is 2. The van der Waals surface area contributed by atoms with Crippen LogP contribution in [0, 0.1) is 0 Å². The summed E-state index contributed by atoms with van der Waals surface area (Å²) in [4.78, 5) is 18.8. The van der Waals surface area contributed by atoms with Crippen molar-refractivity contribution >= 4 is 23.3 Å². The van der Waals surface area contributed by atoms with Crippen LogP contribution in [-0.2, 0) is 0 Å². The molecule has 1 aliphatic rings. The van der Waals surface area contributed by atoms with Gasteiger partial charge in [-0.3, -0.25) is 4.79 Å². The largest absolute Gasteiger partial charge is 0.396 e. The van der Waals surface area contributed by atoms with Gasteiger partial charge in [0, 0.05) is 31.9 Å². The van der Waals surface area contributed by atoms with Gasteiger partial charge in [-0.2, -0.15) is 0 Å². The summed E-state index contributed by atoms with van der Waals surface area (Å²) in [7, 11) is 0. The van der Waals surface area contributed by atoms with Crippen molar-refractivity contribution in [3.63, 3.8) is 0 Å². The molecule has 0 aromatic carbocycles. The molecule has 1 amide bonds. The van der Waals surface area contributed by atoms with E-state index in [1.54, 1.807) is 6.07 Å². The third-order valence-corrected chi connectivity index (χ3v) is 4.08. The smallest absolute Gasteiger partial charge is 0.255 e. The molecule has 1 aromatic heterocycles. The van der Waals surface area contributed by atoms with Gasteiger partial charge in [0.2, 0.25) is 0 Å². The van der Waals surface area contributed by atoms with Gasteiger partial charge in [0.25, 0.3) is 5.91 Å². The summed E-state index contributed by atoms with van der Waals surface area (Å²) in [5, 5.41) is 12.4. The van der Waals surface area contributed by atoms with Crippen LogP contribution >= 0.6 is 11.6 Å². The maximum atomic E-state index is 12.7. The lowest BCUT2D eigenvalue weighted by molar-refractivity contribution is 0.0724. The molecule has 2 rings (SSSR count). The van der Waals surface area contributed by atoms with Crippen molar-refractivity contribution in [2.75, 3.05) is 25.0 Å². The van der Waals surface area contributed by atoms with Gasteiger partial charge in [0.1, 0.15) is 5.82 Å². The van der Waals surface area contributed by atoms with Gasteiger partial charge in [-0.1, -0.05) is 11.6 Å². The first-order valence-corrected chi connectivity index (χ1v) is 7.86. The zero-order chi connectivity index (χ0) is 15.2. The van der Waals surface area contributed by atoms with E-state index in [-0.39, 0.29) is 18.6 Å². The van der Waals surface area contributed by atoms with Crippen molar-refractivity contribution in [2.24, 2.45) is 0 Å². The monoisotopic (exact) mass is 311 g/mol. The number of likely N-dealkylation sites (tertiary alicyclic amines) is 1. The molecule has 1 saturated heterocycles. The molecule has 2 N–H and O–H groups in total. The van der Waals surface area contributed by atoms with Crippen molar-refractivity contribution in [3.8, 4) is 0 Å². The average Bonchev–Trinajstić information content (AvgIpc) is 2.95. The second kappa shape index (κ2) is 7.61. The minimum absolute atomic E-state index is 0.0398. The number of carbonyl (C=O) groups is 1. The number of nitrogens with one attached hydrogen (secondary N) is 1. The third-order valence-electron chi connectivity index (χ3n) is 3.78. The van der Waals surface area contributed by atoms with E-state index in [1.807, 2.05) is 11.8 Å². The van der Waals surface area contributed by atoms with Crippen molar-refractivity contribution in [1.29, 1.82) is 0 Å². The van der Waals surface area contributed by atoms with E-state index in [0.29, 0.717) is 16.4 Å². The Labute approximate surface area is 130 Å². The number of aromatic nitrogens is 1. The number of hydrogen-bond acceptors (Lipinski definition) is 4. The first-order chi connectivity index (χ1) is 10.2. The predicted octanol–water partition coefficient (Wildman–Crippen LogP) is 2.54. The molecule has 6 heteroatoms. The molecule has 21 heavy (non-hydrogen) atoms. The van der Waals surface area contributed by atoms with Gasteiger partial charge in [0.15, 0.2) is 0 Å². The number of aliphatic hydroxyl groups is 1. The van der Waals surface area contributed by atoms with Crippen LogP contribution in [0.25, 0.3) is 0 Å². The van der Waals surface area contributed by atoms with Crippen molar-refractivity contribution in [2.45, 2.75) is 38.6 Å². The van der Waals surface area contributed by atoms with Crippen molar-refractivity contribution in [1.82, 2.24) is 9.88 Å². The quantitative estimate of drug-likeness (QED) is 0.847. The first kappa shape index (κ1) is 16.0. The van der Waals surface area contributed by atoms with Crippen LogP contribution in [0.2, 0.25) is 5.02 Å². The average molecular weight is 312 g/mol. The summed E-state index contributed by atoms with van der Waals surface area (Å²) in [6, 6.07) is 1.92. The highest BCUT2D eigenvalue weighted by atomic mass is 35.5. The van der Waals surface area contributed by atoms with Crippen LogP contribution in [0.3, 0.4) is 0 Å². The molecule has 0 radical (unpaired) electrons. The maximum Gasteiger partial charge on any atom is 0.255 e. The minimum Gasteiger partial charge on any atom is -0.396 e. The molecular weight excluding hydrogens is 290 g/mol. The van der Waals surface area contributed by atoms with E-state index < -0.39 is 0 Å². The van der Waals surface area contributed by atoms with Crippen LogP contribution in [0.15, 0.2) is 12.3 Å². The van der Waals surface area contributed by atoms with Gasteiger partial charge in [-0.05, 0) is 38.7 Å². The molecule has 5 nitrogen and oxygen atoms in total. The predicted molar refractivity (Wildman–Crippen MR) is 83.8 cm³/mol. The fourth-order valence-corrected chi connectivity index (χ4v) is 2.95. The fraction of sp³-hybridized carbons (Fsp3) is 0.600. The van der Waals surface area contributed by atoms with Crippen LogP contribution in [-0.4, -0.2) is 46.6 Å². The van der Waals surface area contributed by atoms with E-state index in [2.05, 4.69) is 10.3 Å². The molecule has 1 aromatic rings. The van der Waals surface area contributed by atoms with Gasteiger partial charge >= 0.3 is 0 Å². The maximum absolute atomic E-state index is 12.7. The van der Waals surface area contributed by atoms with Crippen molar-refractivity contribution < 1.29 is 9.90 Å². The summed E-state index contributed by atoms with van der Waals surface area (Å²) in [5.74, 6) is 0.623. The summed E-state index contributed by atoms with van der Waals surface area (Å²) in [6.45, 7) is 3.64. The lowest BCUT2D eigenvalue weighted by Gasteiger charge is -2.25. The zero-order valence-corrected chi connectivity index (χ0v) is 13.1. The SMILES string of the molecule is CCNc1cc(C(=O)N2CCCC2CCCO)c(Cl)cn1. The Bertz CT molecular complexity index is 496. The Morgan fingerprint density at radius 3 is 3.14 bits per heavy atom. The van der Waals surface area contributed by atoms with E-state index in [0.717, 1.165) is 38.8 Å². The Hall–Kier alpha value is -1.33. The lowest BCUT2D eigenvalue weighted by Crippen LogP contribution is -2.35. The number of amides is 1. The Balaban J connectivity index is 2.16. The summed E-state index contributed by atoms with van der Waals surface area (Å²) in [6.07, 6.45) is 5.08. The minimum atomic E-state index is -0.0398. The molecular formula is C15H22ClN3O2. The Morgan fingerprint density at radius 1 is 1.62 bits per heavy atom. The van der Waals surface area contributed by atoms with Crippen LogP contribution < -0.4 is 5.32 Å². The van der Waals surface area contributed by atoms with Gasteiger partial charge in [-0.15, -0.1) is 0 Å². The Morgan fingerprint density at radius 2 is 2.43 bits per heavy atom. The molecule has 0 spiro atoms. The second-order valence-electron chi connectivity index (χ2n) is 5.24. The van der Waals surface area contributed by atoms with Crippen molar-refractivity contribution in [3.05, 3.63) is 22.8 Å². The summed E-state index contributed by atoms with van der Waals surface area (Å²) < 4.78 is 0. The normalized spacial score (nSPS) is 18.0. The topological polar surface area (TPSA) is 65.5 Å². The Kier molecular flexibility index (Phi) is 5.82. The van der Waals surface area contributed by atoms with E-state index in [1.165, 1.54) is 6.20 Å². The fourth-order valence-electron chi connectivity index (χ4n) is 2.77. The lowest BCUT2D eigenvalue weighted by atomic mass is 10.1. The summed E-state index contributed by atoms with van der Waals surface area (Å²) in [5.41, 5.74) is 0.499. The van der Waals surface area contributed by atoms with Crippen LogP contribution in [0.1, 0.15) is 43.0 Å². The van der Waals surface area contributed by atoms with Gasteiger partial charge < -0.3 is 15.3 Å². The van der Waals surface area contributed by atoms with E-state index >= 15 is 0 Å². The standard InChI is InChI=1S/C15H22ClN3O2/c1-2-17-14-9-12(13(16)10-18-14)15(21)19-7-3-5-11(19)6-4-8-20/h9-11,20H,2-8H2,1H3,(H,17,18). The molecule has 0 bridgehead atoms. The molecule has 0 saturated carbocycles. The summed E-state index contributed by atoms with van der Waals surface area (Å²) >= 11 is 6.14. The van der Waals surface area contributed by atoms with Crippen LogP contribution in [0.4, 0.5) is 5.82 Å². The van der Waals surface area contributed by atoms with Gasteiger partial charge in [-0.25, -0.2) is 4.98 Å². The number of nitrogens with zero attached hydrogens (tertiary/aromatic N) is 2. The molecule has 1 aliphatic heterocycles. The molecule has 1 atom stereocenters. The second-order valence-corrected chi connectivity index (χ2v) is 5.65. The molecule has 1 unspecified atom stereocenters. The number of carbonyl (C=O) groups excluding carboxylic acids is 1. The van der Waals surface area contributed by atoms with Crippen LogP contribution in [0.5, 0.6) is 0 Å². The number of halogens is 1. The molecule has 2 heterocycles. The highest BCUT2D eigenvalue weighted by Crippen LogP contribution is 2.27. The van der Waals surface area contributed by atoms with E-state index in [4.69, 9.17) is 16.7 Å². The third kappa shape index (κ3) is 3.86. The van der Waals surface area contributed by atoms with Gasteiger partial charge in [0.05, 0.1) is 10.6 Å². The highest BCUT2D eigenvalue weighted by Gasteiger charge is 2.30. The zero-order valence-electron chi connectivity index (χ0n) is 12.3. The number of pyridine rings is 1. The molecule has 116 valence electrons. The number of aliphatic hydroxyl groups excluding tert-OH is 1. The number of rotatable bonds is 6. The highest BCUT2D eigenvalue weighted by molar-refractivity contribution is 6.33. The van der Waals surface area contributed by atoms with E-state index in [9.17, 15) is 4.79 Å². The number of anilines is 1. The molecule has 1 fully saturated rings.